The van der Waals surface area contributed by atoms with Gasteiger partial charge in [-0.25, -0.2) is 0 Å². The molecule has 3 N–H and O–H groups in total. The maximum absolute atomic E-state index is 12.4. The van der Waals surface area contributed by atoms with Crippen LogP contribution in [0.25, 0.3) is 6.08 Å². The van der Waals surface area contributed by atoms with Gasteiger partial charge in [-0.05, 0) is 53.4 Å². The van der Waals surface area contributed by atoms with Crippen LogP contribution in [-0.4, -0.2) is 45.3 Å². The van der Waals surface area contributed by atoms with Crippen molar-refractivity contribution in [2.75, 3.05) is 13.1 Å². The molecule has 3 rings (SSSR count). The summed E-state index contributed by atoms with van der Waals surface area (Å²) in [5.74, 6) is -1.06. The Morgan fingerprint density at radius 2 is 2.00 bits per heavy atom. The Bertz CT molecular complexity index is 924. The van der Waals surface area contributed by atoms with Gasteiger partial charge >= 0.3 is 0 Å². The van der Waals surface area contributed by atoms with Crippen molar-refractivity contribution in [2.24, 2.45) is 0 Å². The van der Waals surface area contributed by atoms with Crippen LogP contribution in [0.3, 0.4) is 0 Å². The molecule has 0 radical (unpaired) electrons. The van der Waals surface area contributed by atoms with Gasteiger partial charge in [0.2, 0.25) is 5.91 Å². The molecule has 3 amide bonds. The highest BCUT2D eigenvalue weighted by Gasteiger charge is 2.35. The smallest absolute Gasteiger partial charge is 0.293 e. The van der Waals surface area contributed by atoms with Gasteiger partial charge in [-0.15, -0.1) is 11.3 Å². The minimum absolute atomic E-state index is 0.0190. The molecule has 9 heteroatoms. The van der Waals surface area contributed by atoms with Crippen LogP contribution in [0.4, 0.5) is 4.79 Å². The van der Waals surface area contributed by atoms with Gasteiger partial charge in [0.05, 0.1) is 4.91 Å². The first kappa shape index (κ1) is 20.0. The molecular weight excluding hydrogens is 400 g/mol. The van der Waals surface area contributed by atoms with Crippen LogP contribution < -0.4 is 5.32 Å². The van der Waals surface area contributed by atoms with Crippen LogP contribution in [0.5, 0.6) is 11.5 Å². The highest BCUT2D eigenvalue weighted by Crippen LogP contribution is 2.33. The topological polar surface area (TPSA) is 107 Å². The van der Waals surface area contributed by atoms with E-state index in [0.29, 0.717) is 17.9 Å². The molecule has 1 fully saturated rings. The van der Waals surface area contributed by atoms with Gasteiger partial charge in [-0.3, -0.25) is 19.3 Å². The largest absolute Gasteiger partial charge is 0.504 e. The Balaban J connectivity index is 1.45. The second-order valence-corrected chi connectivity index (χ2v) is 7.99. The quantitative estimate of drug-likeness (QED) is 0.471. The number of amides is 3. The summed E-state index contributed by atoms with van der Waals surface area (Å²) in [4.78, 5) is 38.7. The summed E-state index contributed by atoms with van der Waals surface area (Å²) >= 11 is 2.35. The molecule has 1 aliphatic heterocycles. The number of thiophene rings is 1. The van der Waals surface area contributed by atoms with Crippen molar-refractivity contribution in [1.82, 2.24) is 10.2 Å². The number of phenols is 2. The number of carbonyl (C=O) groups is 3. The lowest BCUT2D eigenvalue weighted by Crippen LogP contribution is -2.34. The van der Waals surface area contributed by atoms with Crippen LogP contribution in [-0.2, 0) is 16.0 Å². The van der Waals surface area contributed by atoms with E-state index in [2.05, 4.69) is 5.32 Å². The molecule has 0 spiro atoms. The zero-order valence-electron chi connectivity index (χ0n) is 14.8. The van der Waals surface area contributed by atoms with Crippen LogP contribution in [0.1, 0.15) is 16.9 Å². The Labute approximate surface area is 169 Å². The third kappa shape index (κ3) is 4.93. The molecule has 1 aromatic heterocycles. The highest BCUT2D eigenvalue weighted by atomic mass is 32.2. The summed E-state index contributed by atoms with van der Waals surface area (Å²) in [6.45, 7) is 0.363. The summed E-state index contributed by atoms with van der Waals surface area (Å²) < 4.78 is 0. The maximum atomic E-state index is 12.4. The van der Waals surface area contributed by atoms with Gasteiger partial charge in [0.15, 0.2) is 11.5 Å². The number of nitrogens with zero attached hydrogens (tertiary/aromatic N) is 1. The summed E-state index contributed by atoms with van der Waals surface area (Å²) in [6, 6.07) is 8.20. The number of imide groups is 1. The van der Waals surface area contributed by atoms with E-state index in [0.717, 1.165) is 27.1 Å². The summed E-state index contributed by atoms with van der Waals surface area (Å²) in [7, 11) is 0. The van der Waals surface area contributed by atoms with E-state index in [1.165, 1.54) is 23.5 Å². The van der Waals surface area contributed by atoms with Gasteiger partial charge in [0.1, 0.15) is 0 Å². The molecule has 1 aliphatic rings. The molecule has 7 nitrogen and oxygen atoms in total. The molecule has 2 aromatic rings. The van der Waals surface area contributed by atoms with Crippen molar-refractivity contribution in [2.45, 2.75) is 12.8 Å². The van der Waals surface area contributed by atoms with Gasteiger partial charge in [-0.1, -0.05) is 12.1 Å². The normalized spacial score (nSPS) is 15.4. The van der Waals surface area contributed by atoms with Gasteiger partial charge in [0, 0.05) is 24.4 Å². The maximum Gasteiger partial charge on any atom is 0.293 e. The van der Waals surface area contributed by atoms with E-state index in [9.17, 15) is 24.6 Å². The SMILES string of the molecule is O=C(CCN1C(=O)S/C(=C/c2cccs2)C1=O)NCCc1ccc(O)c(O)c1. The Morgan fingerprint density at radius 3 is 2.71 bits per heavy atom. The first-order valence-electron chi connectivity index (χ1n) is 8.50. The number of thioether (sulfide) groups is 1. The Hall–Kier alpha value is -2.78. The van der Waals surface area contributed by atoms with E-state index in [1.54, 1.807) is 12.1 Å². The number of benzene rings is 1. The summed E-state index contributed by atoms with van der Waals surface area (Å²) in [5, 5.41) is 23.0. The third-order valence-electron chi connectivity index (χ3n) is 4.03. The predicted molar refractivity (Wildman–Crippen MR) is 108 cm³/mol. The van der Waals surface area contributed by atoms with Crippen molar-refractivity contribution in [3.8, 4) is 11.5 Å². The molecule has 1 saturated heterocycles. The zero-order valence-corrected chi connectivity index (χ0v) is 16.4. The molecule has 28 heavy (non-hydrogen) atoms. The number of rotatable bonds is 7. The van der Waals surface area contributed by atoms with E-state index in [-0.39, 0.29) is 41.5 Å². The monoisotopic (exact) mass is 418 g/mol. The molecule has 0 aliphatic carbocycles. The van der Waals surface area contributed by atoms with Crippen LogP contribution in [0, 0.1) is 0 Å². The third-order valence-corrected chi connectivity index (χ3v) is 5.75. The molecule has 0 unspecified atom stereocenters. The molecular formula is C19H18N2O5S2. The van der Waals surface area contributed by atoms with E-state index < -0.39 is 0 Å². The lowest BCUT2D eigenvalue weighted by atomic mass is 10.1. The molecule has 0 bridgehead atoms. The summed E-state index contributed by atoms with van der Waals surface area (Å²) in [6.07, 6.45) is 2.18. The first-order valence-corrected chi connectivity index (χ1v) is 10.2. The fourth-order valence-electron chi connectivity index (χ4n) is 2.57. The van der Waals surface area contributed by atoms with Crippen molar-refractivity contribution >= 4 is 46.2 Å². The number of phenolic OH excluding ortho intramolecular Hbond substituents is 2. The van der Waals surface area contributed by atoms with Crippen molar-refractivity contribution < 1.29 is 24.6 Å². The minimum Gasteiger partial charge on any atom is -0.504 e. The summed E-state index contributed by atoms with van der Waals surface area (Å²) in [5.41, 5.74) is 0.764. The van der Waals surface area contributed by atoms with Crippen molar-refractivity contribution in [3.63, 3.8) is 0 Å². The fourth-order valence-corrected chi connectivity index (χ4v) is 4.16. The van der Waals surface area contributed by atoms with Crippen molar-refractivity contribution in [3.05, 3.63) is 51.1 Å². The standard InChI is InChI=1S/C19H18N2O5S2/c22-14-4-3-12(10-15(14)23)5-7-20-17(24)6-8-21-18(25)16(28-19(21)26)11-13-2-1-9-27-13/h1-4,9-11,22-23H,5-8H2,(H,20,24)/b16-11+. The zero-order chi connectivity index (χ0) is 20.1. The van der Waals surface area contributed by atoms with E-state index >= 15 is 0 Å². The number of nitrogens with one attached hydrogen (secondary N) is 1. The number of carbonyl (C=O) groups excluding carboxylic acids is 3. The second kappa shape index (κ2) is 8.94. The van der Waals surface area contributed by atoms with Crippen LogP contribution in [0.2, 0.25) is 0 Å². The predicted octanol–water partition coefficient (Wildman–Crippen LogP) is 2.94. The van der Waals surface area contributed by atoms with Gasteiger partial charge in [0.25, 0.3) is 11.1 Å². The van der Waals surface area contributed by atoms with Crippen molar-refractivity contribution in [1.29, 1.82) is 0 Å². The molecule has 0 atom stereocenters. The highest BCUT2D eigenvalue weighted by molar-refractivity contribution is 8.18. The lowest BCUT2D eigenvalue weighted by molar-refractivity contribution is -0.124. The lowest BCUT2D eigenvalue weighted by Gasteiger charge is -2.12. The number of aromatic hydroxyl groups is 2. The Kier molecular flexibility index (Phi) is 6.37. The second-order valence-electron chi connectivity index (χ2n) is 6.02. The fraction of sp³-hybridized carbons (Fsp3) is 0.211. The van der Waals surface area contributed by atoms with Crippen LogP contribution in [0.15, 0.2) is 40.6 Å². The van der Waals surface area contributed by atoms with Gasteiger partial charge in [-0.2, -0.15) is 0 Å². The van der Waals surface area contributed by atoms with Gasteiger partial charge < -0.3 is 15.5 Å². The molecule has 146 valence electrons. The number of hydrogen-bond acceptors (Lipinski definition) is 7. The van der Waals surface area contributed by atoms with E-state index in [4.69, 9.17) is 0 Å². The van der Waals surface area contributed by atoms with E-state index in [1.807, 2.05) is 17.5 Å². The molecule has 1 aromatic carbocycles. The van der Waals surface area contributed by atoms with Crippen LogP contribution >= 0.6 is 23.1 Å². The molecule has 0 saturated carbocycles. The molecule has 2 heterocycles. The first-order chi connectivity index (χ1) is 13.4. The minimum atomic E-state index is -0.379. The average molecular weight is 418 g/mol. The average Bonchev–Trinajstić information content (AvgIpc) is 3.25. The number of hydrogen-bond donors (Lipinski definition) is 3. The Morgan fingerprint density at radius 1 is 1.18 bits per heavy atom.